The van der Waals surface area contributed by atoms with Crippen LogP contribution in [0.15, 0.2) is 41.1 Å². The number of halogens is 2. The second-order valence-electron chi connectivity index (χ2n) is 6.98. The third-order valence-corrected chi connectivity index (χ3v) is 5.27. The standard InChI is InChI=1S/C20H20ClFN4O2/c1-25-12-15(21)19(23-25)20(27)26-10-4-2-3-5-17(26)18-11-16(24-28-18)13-6-8-14(22)9-7-13/h6-9,11-12,17H,2-5,10H2,1H3. The van der Waals surface area contributed by atoms with Gasteiger partial charge in [-0.3, -0.25) is 9.48 Å². The van der Waals surface area contributed by atoms with Crippen molar-refractivity contribution in [3.8, 4) is 11.3 Å². The van der Waals surface area contributed by atoms with Crippen LogP contribution in [0.1, 0.15) is 48.0 Å². The molecule has 1 aliphatic heterocycles. The summed E-state index contributed by atoms with van der Waals surface area (Å²) in [7, 11) is 1.73. The molecule has 1 saturated heterocycles. The molecular formula is C20H20ClFN4O2. The molecule has 3 heterocycles. The molecule has 1 aliphatic rings. The molecule has 0 saturated carbocycles. The van der Waals surface area contributed by atoms with Gasteiger partial charge in [-0.25, -0.2) is 4.39 Å². The zero-order chi connectivity index (χ0) is 19.7. The summed E-state index contributed by atoms with van der Waals surface area (Å²) in [5.41, 5.74) is 1.62. The second-order valence-corrected chi connectivity index (χ2v) is 7.39. The van der Waals surface area contributed by atoms with Crippen molar-refractivity contribution in [2.24, 2.45) is 7.05 Å². The van der Waals surface area contributed by atoms with Crippen LogP contribution in [0.4, 0.5) is 4.39 Å². The number of nitrogens with zero attached hydrogens (tertiary/aromatic N) is 4. The van der Waals surface area contributed by atoms with E-state index in [-0.39, 0.29) is 23.5 Å². The first kappa shape index (κ1) is 18.7. The quantitative estimate of drug-likeness (QED) is 0.641. The molecule has 3 aromatic rings. The molecule has 0 N–H and O–H groups in total. The molecule has 0 radical (unpaired) electrons. The predicted molar refractivity (Wildman–Crippen MR) is 102 cm³/mol. The maximum absolute atomic E-state index is 13.2. The number of hydrogen-bond donors (Lipinski definition) is 0. The smallest absolute Gasteiger partial charge is 0.276 e. The predicted octanol–water partition coefficient (Wildman–Crippen LogP) is 4.63. The lowest BCUT2D eigenvalue weighted by atomic mass is 10.1. The normalized spacial score (nSPS) is 17.5. The zero-order valence-electron chi connectivity index (χ0n) is 15.4. The van der Waals surface area contributed by atoms with Crippen molar-refractivity contribution in [3.63, 3.8) is 0 Å². The molecule has 1 unspecified atom stereocenters. The van der Waals surface area contributed by atoms with E-state index in [0.717, 1.165) is 31.2 Å². The van der Waals surface area contributed by atoms with Crippen LogP contribution < -0.4 is 0 Å². The Kier molecular flexibility index (Phi) is 5.17. The summed E-state index contributed by atoms with van der Waals surface area (Å²) in [6.07, 6.45) is 5.31. The van der Waals surface area contributed by atoms with Gasteiger partial charge in [0.15, 0.2) is 11.5 Å². The first-order valence-corrected chi connectivity index (χ1v) is 9.63. The molecule has 0 aliphatic carbocycles. The van der Waals surface area contributed by atoms with E-state index in [2.05, 4.69) is 10.3 Å². The first-order chi connectivity index (χ1) is 13.5. The Morgan fingerprint density at radius 1 is 1.25 bits per heavy atom. The number of rotatable bonds is 3. The third-order valence-electron chi connectivity index (χ3n) is 5.00. The van der Waals surface area contributed by atoms with Crippen molar-refractivity contribution in [2.75, 3.05) is 6.54 Å². The highest BCUT2D eigenvalue weighted by atomic mass is 35.5. The lowest BCUT2D eigenvalue weighted by Gasteiger charge is -2.27. The van der Waals surface area contributed by atoms with Gasteiger partial charge in [0.2, 0.25) is 0 Å². The summed E-state index contributed by atoms with van der Waals surface area (Å²) in [5.74, 6) is 0.0964. The third kappa shape index (κ3) is 3.67. The molecule has 8 heteroatoms. The lowest BCUT2D eigenvalue weighted by Crippen LogP contribution is -2.35. The van der Waals surface area contributed by atoms with Crippen LogP contribution in [0.2, 0.25) is 5.02 Å². The van der Waals surface area contributed by atoms with Gasteiger partial charge in [-0.15, -0.1) is 0 Å². The number of carbonyl (C=O) groups is 1. The minimum absolute atomic E-state index is 0.211. The number of benzene rings is 1. The Bertz CT molecular complexity index is 983. The van der Waals surface area contributed by atoms with Crippen LogP contribution in [0, 0.1) is 5.82 Å². The van der Waals surface area contributed by atoms with Gasteiger partial charge < -0.3 is 9.42 Å². The van der Waals surface area contributed by atoms with Crippen molar-refractivity contribution < 1.29 is 13.7 Å². The summed E-state index contributed by atoms with van der Waals surface area (Å²) >= 11 is 6.19. The van der Waals surface area contributed by atoms with Crippen LogP contribution in [-0.4, -0.2) is 32.3 Å². The Balaban J connectivity index is 1.65. The SMILES string of the molecule is Cn1cc(Cl)c(C(=O)N2CCCCCC2c2cc(-c3ccc(F)cc3)no2)n1. The van der Waals surface area contributed by atoms with Crippen molar-refractivity contribution in [1.29, 1.82) is 0 Å². The Morgan fingerprint density at radius 2 is 2.04 bits per heavy atom. The van der Waals surface area contributed by atoms with Crippen molar-refractivity contribution >= 4 is 17.5 Å². The van der Waals surface area contributed by atoms with Crippen LogP contribution in [0.25, 0.3) is 11.3 Å². The van der Waals surface area contributed by atoms with Crippen LogP contribution >= 0.6 is 11.6 Å². The van der Waals surface area contributed by atoms with E-state index in [1.54, 1.807) is 30.3 Å². The molecule has 146 valence electrons. The molecular weight excluding hydrogens is 383 g/mol. The van der Waals surface area contributed by atoms with Gasteiger partial charge in [0, 0.05) is 31.4 Å². The van der Waals surface area contributed by atoms with Crippen LogP contribution in [0.5, 0.6) is 0 Å². The van der Waals surface area contributed by atoms with E-state index in [1.807, 2.05) is 6.07 Å². The average Bonchev–Trinajstić information content (AvgIpc) is 3.20. The molecule has 1 fully saturated rings. The van der Waals surface area contributed by atoms with Gasteiger partial charge in [-0.05, 0) is 37.1 Å². The monoisotopic (exact) mass is 402 g/mol. The Morgan fingerprint density at radius 3 is 2.75 bits per heavy atom. The van der Waals surface area contributed by atoms with Crippen LogP contribution in [0.3, 0.4) is 0 Å². The fourth-order valence-electron chi connectivity index (χ4n) is 3.59. The van der Waals surface area contributed by atoms with Gasteiger partial charge in [-0.2, -0.15) is 5.10 Å². The fraction of sp³-hybridized carbons (Fsp3) is 0.350. The van der Waals surface area contributed by atoms with E-state index in [4.69, 9.17) is 16.1 Å². The van der Waals surface area contributed by atoms with Gasteiger partial charge in [-0.1, -0.05) is 29.6 Å². The fourth-order valence-corrected chi connectivity index (χ4v) is 3.85. The molecule has 2 aromatic heterocycles. The van der Waals surface area contributed by atoms with Crippen LogP contribution in [-0.2, 0) is 7.05 Å². The molecule has 1 atom stereocenters. The highest BCUT2D eigenvalue weighted by Crippen LogP contribution is 2.34. The number of amides is 1. The van der Waals surface area contributed by atoms with Crippen molar-refractivity contribution in [1.82, 2.24) is 19.8 Å². The summed E-state index contributed by atoms with van der Waals surface area (Å²) in [6, 6.07) is 7.66. The minimum atomic E-state index is -0.305. The summed E-state index contributed by atoms with van der Waals surface area (Å²) in [5, 5.41) is 8.68. The highest BCUT2D eigenvalue weighted by Gasteiger charge is 2.32. The summed E-state index contributed by atoms with van der Waals surface area (Å²) in [4.78, 5) is 14.9. The van der Waals surface area contributed by atoms with E-state index in [9.17, 15) is 9.18 Å². The van der Waals surface area contributed by atoms with Crippen molar-refractivity contribution in [3.05, 3.63) is 58.8 Å². The van der Waals surface area contributed by atoms with Crippen molar-refractivity contribution in [2.45, 2.75) is 31.7 Å². The van der Waals surface area contributed by atoms with Gasteiger partial charge in [0.25, 0.3) is 5.91 Å². The Hall–Kier alpha value is -2.67. The molecule has 1 amide bonds. The molecule has 0 bridgehead atoms. The number of carbonyl (C=O) groups excluding carboxylic acids is 1. The van der Waals surface area contributed by atoms with E-state index in [0.29, 0.717) is 23.0 Å². The number of aryl methyl sites for hydroxylation is 1. The minimum Gasteiger partial charge on any atom is -0.359 e. The van der Waals surface area contributed by atoms with Gasteiger partial charge in [0.05, 0.1) is 11.1 Å². The molecule has 0 spiro atoms. The molecule has 1 aromatic carbocycles. The largest absolute Gasteiger partial charge is 0.359 e. The van der Waals surface area contributed by atoms with E-state index >= 15 is 0 Å². The second kappa shape index (κ2) is 7.75. The maximum Gasteiger partial charge on any atom is 0.276 e. The molecule has 4 rings (SSSR count). The number of likely N-dealkylation sites (tertiary alicyclic amines) is 1. The maximum atomic E-state index is 13.2. The molecule has 6 nitrogen and oxygen atoms in total. The summed E-state index contributed by atoms with van der Waals surface area (Å²) < 4.78 is 20.3. The van der Waals surface area contributed by atoms with E-state index in [1.165, 1.54) is 16.8 Å². The first-order valence-electron chi connectivity index (χ1n) is 9.25. The van der Waals surface area contributed by atoms with Gasteiger partial charge >= 0.3 is 0 Å². The summed E-state index contributed by atoms with van der Waals surface area (Å²) in [6.45, 7) is 0.600. The topological polar surface area (TPSA) is 64.2 Å². The van der Waals surface area contributed by atoms with Gasteiger partial charge in [0.1, 0.15) is 11.5 Å². The Labute approximate surface area is 166 Å². The van der Waals surface area contributed by atoms with E-state index < -0.39 is 0 Å². The number of hydrogen-bond acceptors (Lipinski definition) is 4. The lowest BCUT2D eigenvalue weighted by molar-refractivity contribution is 0.0644. The molecule has 28 heavy (non-hydrogen) atoms. The zero-order valence-corrected chi connectivity index (χ0v) is 16.2. The highest BCUT2D eigenvalue weighted by molar-refractivity contribution is 6.33. The average molecular weight is 403 g/mol. The number of aromatic nitrogens is 3.